The van der Waals surface area contributed by atoms with Crippen molar-refractivity contribution in [2.75, 3.05) is 19.6 Å². The lowest BCUT2D eigenvalue weighted by molar-refractivity contribution is 0.220. The summed E-state index contributed by atoms with van der Waals surface area (Å²) in [5, 5.41) is 8.21. The van der Waals surface area contributed by atoms with Gasteiger partial charge in [-0.2, -0.15) is 0 Å². The predicted molar refractivity (Wildman–Crippen MR) is 73.5 cm³/mol. The van der Waals surface area contributed by atoms with Crippen LogP contribution in [0.3, 0.4) is 0 Å². The van der Waals surface area contributed by atoms with Crippen LogP contribution in [0.1, 0.15) is 35.3 Å². The second kappa shape index (κ2) is 5.46. The molecule has 1 fully saturated rings. The van der Waals surface area contributed by atoms with Gasteiger partial charge in [-0.1, -0.05) is 6.92 Å². The van der Waals surface area contributed by atoms with Gasteiger partial charge in [0.25, 0.3) is 0 Å². The van der Waals surface area contributed by atoms with Gasteiger partial charge in [0, 0.05) is 18.0 Å². The SMILES string of the molecule is Cc1nc(C)c(CNCC2(C)CCNCC2)s1. The second-order valence-corrected chi connectivity index (χ2v) is 6.69. The van der Waals surface area contributed by atoms with Crippen molar-refractivity contribution in [3.05, 3.63) is 15.6 Å². The van der Waals surface area contributed by atoms with Gasteiger partial charge in [0.05, 0.1) is 10.7 Å². The first-order chi connectivity index (χ1) is 8.09. The zero-order valence-electron chi connectivity index (χ0n) is 11.1. The molecule has 4 heteroatoms. The van der Waals surface area contributed by atoms with E-state index in [0.717, 1.165) is 26.2 Å². The first kappa shape index (κ1) is 13.0. The summed E-state index contributed by atoms with van der Waals surface area (Å²) in [5.41, 5.74) is 1.66. The van der Waals surface area contributed by atoms with Crippen molar-refractivity contribution in [2.24, 2.45) is 5.41 Å². The predicted octanol–water partition coefficient (Wildman–Crippen LogP) is 2.24. The Morgan fingerprint density at radius 1 is 1.35 bits per heavy atom. The molecule has 2 rings (SSSR count). The van der Waals surface area contributed by atoms with E-state index in [0.29, 0.717) is 5.41 Å². The van der Waals surface area contributed by atoms with Crippen LogP contribution in [0.2, 0.25) is 0 Å². The Balaban J connectivity index is 1.81. The highest BCUT2D eigenvalue weighted by Gasteiger charge is 2.25. The number of piperidine rings is 1. The Hall–Kier alpha value is -0.450. The molecule has 17 heavy (non-hydrogen) atoms. The van der Waals surface area contributed by atoms with Crippen molar-refractivity contribution in [1.82, 2.24) is 15.6 Å². The molecule has 0 spiro atoms. The minimum absolute atomic E-state index is 0.471. The number of nitrogens with one attached hydrogen (secondary N) is 2. The van der Waals surface area contributed by atoms with Crippen molar-refractivity contribution in [2.45, 2.75) is 40.2 Å². The van der Waals surface area contributed by atoms with Gasteiger partial charge in [0.2, 0.25) is 0 Å². The highest BCUT2D eigenvalue weighted by atomic mass is 32.1. The lowest BCUT2D eigenvalue weighted by atomic mass is 9.81. The smallest absolute Gasteiger partial charge is 0.0900 e. The molecule has 0 radical (unpaired) electrons. The molecule has 0 aromatic carbocycles. The fourth-order valence-corrected chi connectivity index (χ4v) is 3.33. The van der Waals surface area contributed by atoms with E-state index < -0.39 is 0 Å². The van der Waals surface area contributed by atoms with Crippen LogP contribution in [0.15, 0.2) is 0 Å². The standard InChI is InChI=1S/C13H23N3S/c1-10-12(17-11(2)16-10)8-15-9-13(3)4-6-14-7-5-13/h14-15H,4-9H2,1-3H3. The quantitative estimate of drug-likeness (QED) is 0.864. The Bertz CT molecular complexity index is 367. The molecule has 1 aliphatic rings. The molecular formula is C13H23N3S. The maximum atomic E-state index is 4.46. The lowest BCUT2D eigenvalue weighted by Gasteiger charge is -2.34. The van der Waals surface area contributed by atoms with Crippen molar-refractivity contribution < 1.29 is 0 Å². The minimum Gasteiger partial charge on any atom is -0.317 e. The van der Waals surface area contributed by atoms with Crippen molar-refractivity contribution in [1.29, 1.82) is 0 Å². The van der Waals surface area contributed by atoms with Gasteiger partial charge in [0.15, 0.2) is 0 Å². The summed E-state index contributed by atoms with van der Waals surface area (Å²) < 4.78 is 0. The zero-order chi connectivity index (χ0) is 12.3. The van der Waals surface area contributed by atoms with Crippen LogP contribution in [0, 0.1) is 19.3 Å². The van der Waals surface area contributed by atoms with Crippen LogP contribution in [-0.4, -0.2) is 24.6 Å². The molecule has 1 saturated heterocycles. The second-order valence-electron chi connectivity index (χ2n) is 5.41. The van der Waals surface area contributed by atoms with Crippen LogP contribution >= 0.6 is 11.3 Å². The number of hydrogen-bond acceptors (Lipinski definition) is 4. The number of nitrogens with zero attached hydrogens (tertiary/aromatic N) is 1. The number of aryl methyl sites for hydroxylation is 2. The Morgan fingerprint density at radius 2 is 2.06 bits per heavy atom. The third-order valence-corrected chi connectivity index (χ3v) is 4.72. The summed E-state index contributed by atoms with van der Waals surface area (Å²) in [6.07, 6.45) is 2.56. The summed E-state index contributed by atoms with van der Waals surface area (Å²) in [6, 6.07) is 0. The highest BCUT2D eigenvalue weighted by Crippen LogP contribution is 2.27. The lowest BCUT2D eigenvalue weighted by Crippen LogP contribution is -2.41. The molecule has 0 atom stereocenters. The highest BCUT2D eigenvalue weighted by molar-refractivity contribution is 7.11. The fraction of sp³-hybridized carbons (Fsp3) is 0.769. The van der Waals surface area contributed by atoms with E-state index in [1.165, 1.54) is 28.4 Å². The average molecular weight is 253 g/mol. The summed E-state index contributed by atoms with van der Waals surface area (Å²) in [7, 11) is 0. The average Bonchev–Trinajstić information content (AvgIpc) is 2.58. The van der Waals surface area contributed by atoms with E-state index in [2.05, 4.69) is 36.4 Å². The van der Waals surface area contributed by atoms with E-state index in [1.807, 2.05) is 11.3 Å². The third kappa shape index (κ3) is 3.50. The van der Waals surface area contributed by atoms with Gasteiger partial charge in [-0.05, 0) is 45.2 Å². The van der Waals surface area contributed by atoms with Crippen LogP contribution in [0.5, 0.6) is 0 Å². The van der Waals surface area contributed by atoms with E-state index in [9.17, 15) is 0 Å². The van der Waals surface area contributed by atoms with Gasteiger partial charge < -0.3 is 10.6 Å². The molecule has 0 bridgehead atoms. The van der Waals surface area contributed by atoms with Crippen LogP contribution < -0.4 is 10.6 Å². The molecule has 0 amide bonds. The molecule has 3 nitrogen and oxygen atoms in total. The monoisotopic (exact) mass is 253 g/mol. The minimum atomic E-state index is 0.471. The molecular weight excluding hydrogens is 230 g/mol. The number of rotatable bonds is 4. The van der Waals surface area contributed by atoms with Crippen LogP contribution in [0.25, 0.3) is 0 Å². The third-order valence-electron chi connectivity index (χ3n) is 3.65. The fourth-order valence-electron chi connectivity index (χ4n) is 2.42. The first-order valence-electron chi connectivity index (χ1n) is 6.43. The molecule has 1 aromatic rings. The molecule has 0 saturated carbocycles. The summed E-state index contributed by atoms with van der Waals surface area (Å²) in [6.45, 7) is 11.0. The molecule has 96 valence electrons. The maximum Gasteiger partial charge on any atom is 0.0900 e. The van der Waals surface area contributed by atoms with E-state index >= 15 is 0 Å². The number of aromatic nitrogens is 1. The first-order valence-corrected chi connectivity index (χ1v) is 7.25. The summed E-state index contributed by atoms with van der Waals surface area (Å²) in [5.74, 6) is 0. The molecule has 2 N–H and O–H groups in total. The maximum absolute atomic E-state index is 4.46. The molecule has 0 unspecified atom stereocenters. The number of thiazole rings is 1. The van der Waals surface area contributed by atoms with Crippen molar-refractivity contribution in [3.8, 4) is 0 Å². The molecule has 1 aromatic heterocycles. The molecule has 2 heterocycles. The van der Waals surface area contributed by atoms with Gasteiger partial charge in [-0.3, -0.25) is 0 Å². The van der Waals surface area contributed by atoms with Gasteiger partial charge in [-0.25, -0.2) is 4.98 Å². The van der Waals surface area contributed by atoms with Gasteiger partial charge >= 0.3 is 0 Å². The van der Waals surface area contributed by atoms with Crippen molar-refractivity contribution in [3.63, 3.8) is 0 Å². The van der Waals surface area contributed by atoms with E-state index in [-0.39, 0.29) is 0 Å². The van der Waals surface area contributed by atoms with E-state index in [1.54, 1.807) is 0 Å². The topological polar surface area (TPSA) is 37.0 Å². The molecule has 1 aliphatic heterocycles. The Kier molecular flexibility index (Phi) is 4.17. The van der Waals surface area contributed by atoms with Crippen LogP contribution in [0.4, 0.5) is 0 Å². The summed E-state index contributed by atoms with van der Waals surface area (Å²) in [4.78, 5) is 5.85. The summed E-state index contributed by atoms with van der Waals surface area (Å²) >= 11 is 1.81. The van der Waals surface area contributed by atoms with Crippen LogP contribution in [-0.2, 0) is 6.54 Å². The van der Waals surface area contributed by atoms with Crippen molar-refractivity contribution >= 4 is 11.3 Å². The number of hydrogen-bond donors (Lipinski definition) is 2. The largest absolute Gasteiger partial charge is 0.317 e. The van der Waals surface area contributed by atoms with Gasteiger partial charge in [0.1, 0.15) is 0 Å². The normalized spacial score (nSPS) is 19.5. The Labute approximate surface area is 108 Å². The molecule has 0 aliphatic carbocycles. The van der Waals surface area contributed by atoms with E-state index in [4.69, 9.17) is 0 Å². The zero-order valence-corrected chi connectivity index (χ0v) is 11.9. The van der Waals surface area contributed by atoms with Gasteiger partial charge in [-0.15, -0.1) is 11.3 Å². The Morgan fingerprint density at radius 3 is 2.65 bits per heavy atom.